The Morgan fingerprint density at radius 1 is 1.08 bits per heavy atom. The normalized spacial score (nSPS) is 20.6. The SMILES string of the molecule is Brc1cccc2c(N3CCN(CC4CCOCC4)CC3)ccnc12. The highest BCUT2D eigenvalue weighted by atomic mass is 79.9. The molecule has 0 unspecified atom stereocenters. The van der Waals surface area contributed by atoms with Crippen LogP contribution in [0.25, 0.3) is 10.9 Å². The summed E-state index contributed by atoms with van der Waals surface area (Å²) in [6, 6.07) is 8.49. The minimum absolute atomic E-state index is 0.822. The molecule has 0 amide bonds. The van der Waals surface area contributed by atoms with E-state index in [1.165, 1.54) is 30.5 Å². The van der Waals surface area contributed by atoms with Crippen LogP contribution in [0.4, 0.5) is 5.69 Å². The maximum atomic E-state index is 5.48. The molecule has 1 aromatic carbocycles. The Morgan fingerprint density at radius 2 is 1.88 bits per heavy atom. The lowest BCUT2D eigenvalue weighted by molar-refractivity contribution is 0.0517. The number of ether oxygens (including phenoxy) is 1. The number of fused-ring (bicyclic) bond motifs is 1. The van der Waals surface area contributed by atoms with Crippen LogP contribution in [0.3, 0.4) is 0 Å². The molecule has 128 valence electrons. The first-order valence-electron chi connectivity index (χ1n) is 8.89. The fraction of sp³-hybridized carbons (Fsp3) is 0.526. The molecule has 3 heterocycles. The summed E-state index contributed by atoms with van der Waals surface area (Å²) in [5, 5.41) is 1.24. The molecule has 2 aliphatic rings. The summed E-state index contributed by atoms with van der Waals surface area (Å²) in [6.45, 7) is 7.61. The van der Waals surface area contributed by atoms with E-state index < -0.39 is 0 Å². The minimum Gasteiger partial charge on any atom is -0.381 e. The van der Waals surface area contributed by atoms with Crippen LogP contribution in [-0.4, -0.2) is 55.8 Å². The van der Waals surface area contributed by atoms with Gasteiger partial charge in [-0.1, -0.05) is 12.1 Å². The number of para-hydroxylation sites is 1. The third-order valence-electron chi connectivity index (χ3n) is 5.27. The van der Waals surface area contributed by atoms with Crippen molar-refractivity contribution in [2.75, 3.05) is 50.8 Å². The number of benzene rings is 1. The summed E-state index contributed by atoms with van der Waals surface area (Å²) >= 11 is 3.62. The number of halogens is 1. The second-order valence-corrected chi connectivity index (χ2v) is 7.66. The molecule has 4 nitrogen and oxygen atoms in total. The Balaban J connectivity index is 1.43. The first-order valence-corrected chi connectivity index (χ1v) is 9.69. The first kappa shape index (κ1) is 16.3. The summed E-state index contributed by atoms with van der Waals surface area (Å²) in [7, 11) is 0. The topological polar surface area (TPSA) is 28.6 Å². The zero-order chi connectivity index (χ0) is 16.4. The molecule has 0 radical (unpaired) electrons. The predicted octanol–water partition coefficient (Wildman–Crippen LogP) is 3.55. The Hall–Kier alpha value is -1.17. The van der Waals surface area contributed by atoms with E-state index in [4.69, 9.17) is 4.74 Å². The van der Waals surface area contributed by atoms with Crippen molar-refractivity contribution in [3.63, 3.8) is 0 Å². The quantitative estimate of drug-likeness (QED) is 0.802. The summed E-state index contributed by atoms with van der Waals surface area (Å²) in [5.41, 5.74) is 2.37. The summed E-state index contributed by atoms with van der Waals surface area (Å²) < 4.78 is 6.55. The molecule has 0 spiro atoms. The molecular formula is C19H24BrN3O. The van der Waals surface area contributed by atoms with Crippen LogP contribution in [-0.2, 0) is 4.74 Å². The standard InChI is InChI=1S/C19H24BrN3O/c20-17-3-1-2-16-18(4-7-21-19(16)17)23-10-8-22(9-11-23)14-15-5-12-24-13-6-15/h1-4,7,15H,5-6,8-14H2. The van der Waals surface area contributed by atoms with E-state index in [-0.39, 0.29) is 0 Å². The van der Waals surface area contributed by atoms with Crippen LogP contribution in [0.2, 0.25) is 0 Å². The largest absolute Gasteiger partial charge is 0.381 e. The van der Waals surface area contributed by atoms with Crippen molar-refractivity contribution >= 4 is 32.5 Å². The lowest BCUT2D eigenvalue weighted by Gasteiger charge is -2.38. The van der Waals surface area contributed by atoms with Gasteiger partial charge in [0.25, 0.3) is 0 Å². The molecule has 0 saturated carbocycles. The van der Waals surface area contributed by atoms with Crippen molar-refractivity contribution < 1.29 is 4.74 Å². The maximum Gasteiger partial charge on any atom is 0.0864 e. The molecule has 2 aromatic rings. The van der Waals surface area contributed by atoms with Gasteiger partial charge in [-0.05, 0) is 46.8 Å². The van der Waals surface area contributed by atoms with Crippen molar-refractivity contribution in [1.82, 2.24) is 9.88 Å². The van der Waals surface area contributed by atoms with E-state index in [0.29, 0.717) is 0 Å². The Morgan fingerprint density at radius 3 is 2.67 bits per heavy atom. The Labute approximate surface area is 151 Å². The van der Waals surface area contributed by atoms with Gasteiger partial charge < -0.3 is 9.64 Å². The average molecular weight is 390 g/mol. The molecule has 5 heteroatoms. The fourth-order valence-corrected chi connectivity index (χ4v) is 4.34. The van der Waals surface area contributed by atoms with E-state index in [0.717, 1.165) is 55.3 Å². The predicted molar refractivity (Wildman–Crippen MR) is 102 cm³/mol. The minimum atomic E-state index is 0.822. The van der Waals surface area contributed by atoms with Gasteiger partial charge in [-0.2, -0.15) is 0 Å². The number of pyridine rings is 1. The molecule has 0 atom stereocenters. The van der Waals surface area contributed by atoms with Gasteiger partial charge in [-0.15, -0.1) is 0 Å². The molecule has 24 heavy (non-hydrogen) atoms. The summed E-state index contributed by atoms with van der Waals surface area (Å²) in [4.78, 5) is 9.67. The number of anilines is 1. The van der Waals surface area contributed by atoms with Gasteiger partial charge in [0.2, 0.25) is 0 Å². The highest BCUT2D eigenvalue weighted by molar-refractivity contribution is 9.10. The van der Waals surface area contributed by atoms with Crippen molar-refractivity contribution in [1.29, 1.82) is 0 Å². The molecule has 1 aromatic heterocycles. The Kier molecular flexibility index (Phi) is 5.01. The lowest BCUT2D eigenvalue weighted by Crippen LogP contribution is -2.48. The molecule has 2 fully saturated rings. The van der Waals surface area contributed by atoms with E-state index in [9.17, 15) is 0 Å². The van der Waals surface area contributed by atoms with E-state index in [2.05, 4.69) is 55.0 Å². The molecule has 2 saturated heterocycles. The van der Waals surface area contributed by atoms with E-state index >= 15 is 0 Å². The van der Waals surface area contributed by atoms with E-state index in [1.54, 1.807) is 0 Å². The zero-order valence-electron chi connectivity index (χ0n) is 14.0. The first-order chi connectivity index (χ1) is 11.8. The summed E-state index contributed by atoms with van der Waals surface area (Å²) in [5.74, 6) is 0.822. The van der Waals surface area contributed by atoms with Crippen molar-refractivity contribution in [3.8, 4) is 0 Å². The van der Waals surface area contributed by atoms with Gasteiger partial charge >= 0.3 is 0 Å². The number of piperazine rings is 1. The number of hydrogen-bond donors (Lipinski definition) is 0. The number of aromatic nitrogens is 1. The van der Waals surface area contributed by atoms with Gasteiger partial charge in [0.05, 0.1) is 5.52 Å². The molecule has 2 aliphatic heterocycles. The van der Waals surface area contributed by atoms with Crippen LogP contribution in [0, 0.1) is 5.92 Å². The number of nitrogens with zero attached hydrogens (tertiary/aromatic N) is 3. The van der Waals surface area contributed by atoms with Crippen molar-refractivity contribution in [2.24, 2.45) is 5.92 Å². The average Bonchev–Trinajstić information content (AvgIpc) is 2.63. The van der Waals surface area contributed by atoms with Crippen LogP contribution in [0.1, 0.15) is 12.8 Å². The number of hydrogen-bond acceptors (Lipinski definition) is 4. The molecule has 0 N–H and O–H groups in total. The van der Waals surface area contributed by atoms with Crippen LogP contribution < -0.4 is 4.90 Å². The van der Waals surface area contributed by atoms with E-state index in [1.807, 2.05) is 6.20 Å². The maximum absolute atomic E-state index is 5.48. The number of rotatable bonds is 3. The Bertz CT molecular complexity index is 694. The van der Waals surface area contributed by atoms with Crippen LogP contribution in [0.15, 0.2) is 34.9 Å². The highest BCUT2D eigenvalue weighted by Crippen LogP contribution is 2.30. The second kappa shape index (κ2) is 7.38. The van der Waals surface area contributed by atoms with Crippen LogP contribution >= 0.6 is 15.9 Å². The van der Waals surface area contributed by atoms with Gasteiger partial charge in [-0.25, -0.2) is 0 Å². The lowest BCUT2D eigenvalue weighted by atomic mass is 9.99. The van der Waals surface area contributed by atoms with Crippen molar-refractivity contribution in [3.05, 3.63) is 34.9 Å². The van der Waals surface area contributed by atoms with Gasteiger partial charge in [0.15, 0.2) is 0 Å². The van der Waals surface area contributed by atoms with Crippen molar-refractivity contribution in [2.45, 2.75) is 12.8 Å². The van der Waals surface area contributed by atoms with Gasteiger partial charge in [0.1, 0.15) is 0 Å². The second-order valence-electron chi connectivity index (χ2n) is 6.81. The van der Waals surface area contributed by atoms with Gasteiger partial charge in [-0.3, -0.25) is 9.88 Å². The molecular weight excluding hydrogens is 366 g/mol. The zero-order valence-corrected chi connectivity index (χ0v) is 15.5. The fourth-order valence-electron chi connectivity index (χ4n) is 3.87. The van der Waals surface area contributed by atoms with Gasteiger partial charge in [0, 0.05) is 67.7 Å². The third kappa shape index (κ3) is 3.44. The highest BCUT2D eigenvalue weighted by Gasteiger charge is 2.22. The smallest absolute Gasteiger partial charge is 0.0864 e. The van der Waals surface area contributed by atoms with Crippen LogP contribution in [0.5, 0.6) is 0 Å². The molecule has 0 bridgehead atoms. The third-order valence-corrected chi connectivity index (χ3v) is 5.91. The molecule has 4 rings (SSSR count). The monoisotopic (exact) mass is 389 g/mol. The summed E-state index contributed by atoms with van der Waals surface area (Å²) in [6.07, 6.45) is 4.38. The molecule has 0 aliphatic carbocycles.